The monoisotopic (exact) mass is 248 g/mol. The van der Waals surface area contributed by atoms with Crippen molar-refractivity contribution in [3.8, 4) is 5.82 Å². The Bertz CT molecular complexity index is 563. The molecule has 0 aliphatic rings. The third-order valence-electron chi connectivity index (χ3n) is 2.83. The zero-order valence-electron chi connectivity index (χ0n) is 10.9. The van der Waals surface area contributed by atoms with Crippen LogP contribution < -0.4 is 5.48 Å². The number of hydrogen-bond acceptors (Lipinski definition) is 3. The van der Waals surface area contributed by atoms with Crippen molar-refractivity contribution in [1.82, 2.24) is 19.8 Å². The SMILES string of the molecule is CONC(=O)c1cnn(C)c1-n1c(C)ccc1C. The smallest absolute Gasteiger partial charge is 0.280 e. The highest BCUT2D eigenvalue weighted by atomic mass is 16.6. The zero-order chi connectivity index (χ0) is 13.3. The second-order valence-electron chi connectivity index (χ2n) is 4.09. The van der Waals surface area contributed by atoms with Gasteiger partial charge in [-0.1, -0.05) is 0 Å². The van der Waals surface area contributed by atoms with E-state index in [2.05, 4.69) is 15.4 Å². The molecule has 0 saturated carbocycles. The van der Waals surface area contributed by atoms with E-state index in [1.807, 2.05) is 30.5 Å². The third-order valence-corrected chi connectivity index (χ3v) is 2.83. The summed E-state index contributed by atoms with van der Waals surface area (Å²) in [6.07, 6.45) is 1.53. The number of hydroxylamine groups is 1. The molecule has 6 nitrogen and oxygen atoms in total. The summed E-state index contributed by atoms with van der Waals surface area (Å²) in [5.74, 6) is 0.414. The summed E-state index contributed by atoms with van der Waals surface area (Å²) in [4.78, 5) is 16.5. The molecule has 0 radical (unpaired) electrons. The van der Waals surface area contributed by atoms with Gasteiger partial charge in [0.1, 0.15) is 11.4 Å². The summed E-state index contributed by atoms with van der Waals surface area (Å²) in [5, 5.41) is 4.14. The Kier molecular flexibility index (Phi) is 3.20. The lowest BCUT2D eigenvalue weighted by molar-refractivity contribution is 0.0537. The topological polar surface area (TPSA) is 61.1 Å². The van der Waals surface area contributed by atoms with Gasteiger partial charge in [0.15, 0.2) is 0 Å². The van der Waals surface area contributed by atoms with Gasteiger partial charge in [-0.05, 0) is 26.0 Å². The first-order valence-electron chi connectivity index (χ1n) is 5.57. The Morgan fingerprint density at radius 3 is 2.50 bits per heavy atom. The lowest BCUT2D eigenvalue weighted by atomic mass is 10.3. The summed E-state index contributed by atoms with van der Waals surface area (Å²) in [5.41, 5.74) is 4.87. The molecular weight excluding hydrogens is 232 g/mol. The predicted octanol–water partition coefficient (Wildman–Crippen LogP) is 1.12. The quantitative estimate of drug-likeness (QED) is 0.828. The van der Waals surface area contributed by atoms with E-state index in [1.165, 1.54) is 13.3 Å². The van der Waals surface area contributed by atoms with Gasteiger partial charge in [0.25, 0.3) is 5.91 Å². The molecule has 0 spiro atoms. The van der Waals surface area contributed by atoms with E-state index < -0.39 is 0 Å². The fraction of sp³-hybridized carbons (Fsp3) is 0.333. The molecule has 2 aromatic rings. The minimum absolute atomic E-state index is 0.312. The van der Waals surface area contributed by atoms with Gasteiger partial charge in [-0.2, -0.15) is 5.10 Å². The second-order valence-corrected chi connectivity index (χ2v) is 4.09. The first-order valence-corrected chi connectivity index (χ1v) is 5.57. The van der Waals surface area contributed by atoms with E-state index in [0.29, 0.717) is 5.56 Å². The summed E-state index contributed by atoms with van der Waals surface area (Å²) >= 11 is 0. The molecule has 2 rings (SSSR count). The van der Waals surface area contributed by atoms with Gasteiger partial charge in [0, 0.05) is 18.4 Å². The number of aromatic nitrogens is 3. The van der Waals surface area contributed by atoms with Gasteiger partial charge < -0.3 is 4.57 Å². The van der Waals surface area contributed by atoms with Crippen molar-refractivity contribution in [3.63, 3.8) is 0 Å². The lowest BCUT2D eigenvalue weighted by Gasteiger charge is -2.12. The third kappa shape index (κ3) is 1.91. The Balaban J connectivity index is 2.57. The van der Waals surface area contributed by atoms with Gasteiger partial charge in [-0.3, -0.25) is 14.3 Å². The summed E-state index contributed by atoms with van der Waals surface area (Å²) in [7, 11) is 3.21. The van der Waals surface area contributed by atoms with Crippen molar-refractivity contribution >= 4 is 5.91 Å². The Labute approximate surface area is 105 Å². The lowest BCUT2D eigenvalue weighted by Crippen LogP contribution is -2.23. The molecule has 0 aliphatic heterocycles. The van der Waals surface area contributed by atoms with Crippen LogP contribution in [0.4, 0.5) is 0 Å². The number of carbonyl (C=O) groups is 1. The van der Waals surface area contributed by atoms with Crippen LogP contribution in [-0.2, 0) is 11.9 Å². The number of rotatable bonds is 3. The molecule has 0 fully saturated rings. The first-order chi connectivity index (χ1) is 8.56. The number of nitrogens with zero attached hydrogens (tertiary/aromatic N) is 3. The zero-order valence-corrected chi connectivity index (χ0v) is 10.9. The standard InChI is InChI=1S/C12H16N4O2/c1-8-5-6-9(2)16(8)12-10(7-13-15(12)3)11(17)14-18-4/h5-7H,1-4H3,(H,14,17). The number of amides is 1. The highest BCUT2D eigenvalue weighted by molar-refractivity contribution is 5.96. The second kappa shape index (κ2) is 4.66. The van der Waals surface area contributed by atoms with Crippen LogP contribution in [0.3, 0.4) is 0 Å². The van der Waals surface area contributed by atoms with Crippen LogP contribution in [-0.4, -0.2) is 27.4 Å². The van der Waals surface area contributed by atoms with Gasteiger partial charge in [0.2, 0.25) is 0 Å². The average Bonchev–Trinajstić information content (AvgIpc) is 2.83. The predicted molar refractivity (Wildman–Crippen MR) is 66.5 cm³/mol. The van der Waals surface area contributed by atoms with Crippen LogP contribution in [0.25, 0.3) is 5.82 Å². The van der Waals surface area contributed by atoms with E-state index in [0.717, 1.165) is 17.2 Å². The number of hydrogen-bond donors (Lipinski definition) is 1. The Hall–Kier alpha value is -2.08. The highest BCUT2D eigenvalue weighted by Gasteiger charge is 2.19. The van der Waals surface area contributed by atoms with Gasteiger partial charge in [-0.15, -0.1) is 0 Å². The van der Waals surface area contributed by atoms with Crippen molar-refractivity contribution < 1.29 is 9.63 Å². The molecule has 0 aromatic carbocycles. The van der Waals surface area contributed by atoms with E-state index in [-0.39, 0.29) is 5.91 Å². The van der Waals surface area contributed by atoms with Crippen molar-refractivity contribution in [2.24, 2.45) is 7.05 Å². The van der Waals surface area contributed by atoms with Crippen LogP contribution in [0.15, 0.2) is 18.3 Å². The van der Waals surface area contributed by atoms with Gasteiger partial charge in [0.05, 0.1) is 13.3 Å². The molecule has 2 heterocycles. The molecule has 6 heteroatoms. The fourth-order valence-electron chi connectivity index (χ4n) is 2.01. The summed E-state index contributed by atoms with van der Waals surface area (Å²) in [6.45, 7) is 3.97. The molecule has 0 saturated heterocycles. The maximum Gasteiger partial charge on any atom is 0.280 e. The van der Waals surface area contributed by atoms with E-state index in [1.54, 1.807) is 11.7 Å². The molecule has 96 valence electrons. The van der Waals surface area contributed by atoms with Gasteiger partial charge >= 0.3 is 0 Å². The van der Waals surface area contributed by atoms with Crippen molar-refractivity contribution in [2.75, 3.05) is 7.11 Å². The molecule has 2 aromatic heterocycles. The van der Waals surface area contributed by atoms with E-state index >= 15 is 0 Å². The average molecular weight is 248 g/mol. The van der Waals surface area contributed by atoms with E-state index in [9.17, 15) is 4.79 Å². The van der Waals surface area contributed by atoms with Gasteiger partial charge in [-0.25, -0.2) is 5.48 Å². The van der Waals surface area contributed by atoms with Crippen molar-refractivity contribution in [2.45, 2.75) is 13.8 Å². The Morgan fingerprint density at radius 2 is 1.94 bits per heavy atom. The maximum absolute atomic E-state index is 11.9. The largest absolute Gasteiger partial charge is 0.303 e. The molecule has 0 aliphatic carbocycles. The summed E-state index contributed by atoms with van der Waals surface area (Å²) in [6, 6.07) is 4.00. The minimum Gasteiger partial charge on any atom is -0.303 e. The number of nitrogens with one attached hydrogen (secondary N) is 1. The highest BCUT2D eigenvalue weighted by Crippen LogP contribution is 2.19. The minimum atomic E-state index is -0.312. The number of aryl methyl sites for hydroxylation is 3. The normalized spacial score (nSPS) is 10.7. The van der Waals surface area contributed by atoms with Crippen LogP contribution in [0, 0.1) is 13.8 Å². The van der Waals surface area contributed by atoms with Crippen LogP contribution >= 0.6 is 0 Å². The Morgan fingerprint density at radius 1 is 1.33 bits per heavy atom. The molecule has 0 bridgehead atoms. The van der Waals surface area contributed by atoms with Crippen LogP contribution in [0.1, 0.15) is 21.7 Å². The molecule has 0 atom stereocenters. The fourth-order valence-corrected chi connectivity index (χ4v) is 2.01. The summed E-state index contributed by atoms with van der Waals surface area (Å²) < 4.78 is 3.65. The number of carbonyl (C=O) groups excluding carboxylic acids is 1. The molecule has 0 unspecified atom stereocenters. The van der Waals surface area contributed by atoms with E-state index in [4.69, 9.17) is 0 Å². The van der Waals surface area contributed by atoms with Crippen LogP contribution in [0.2, 0.25) is 0 Å². The van der Waals surface area contributed by atoms with Crippen molar-refractivity contribution in [3.05, 3.63) is 35.3 Å². The van der Waals surface area contributed by atoms with Crippen molar-refractivity contribution in [1.29, 1.82) is 0 Å². The first kappa shape index (κ1) is 12.4. The van der Waals surface area contributed by atoms with Crippen LogP contribution in [0.5, 0.6) is 0 Å². The molecular formula is C12H16N4O2. The molecule has 1 amide bonds. The maximum atomic E-state index is 11.9. The molecule has 18 heavy (non-hydrogen) atoms. The molecule has 1 N–H and O–H groups in total.